The number of rotatable bonds is 5. The maximum Gasteiger partial charge on any atom is 0.224 e. The van der Waals surface area contributed by atoms with Gasteiger partial charge in [0, 0.05) is 23.9 Å². The summed E-state index contributed by atoms with van der Waals surface area (Å²) in [5.74, 6) is 0.291. The first-order valence-corrected chi connectivity index (χ1v) is 7.66. The second kappa shape index (κ2) is 6.34. The second-order valence-electron chi connectivity index (χ2n) is 4.92. The first-order chi connectivity index (χ1) is 8.72. The first-order valence-electron chi connectivity index (χ1n) is 6.78. The molecule has 2 heterocycles. The van der Waals surface area contributed by atoms with Gasteiger partial charge in [-0.15, -0.1) is 11.3 Å². The highest BCUT2D eigenvalue weighted by atomic mass is 32.1. The van der Waals surface area contributed by atoms with E-state index in [1.807, 2.05) is 0 Å². The molecule has 0 aliphatic carbocycles. The molecule has 0 bridgehead atoms. The second-order valence-corrected chi connectivity index (χ2v) is 5.90. The zero-order valence-electron chi connectivity index (χ0n) is 11.2. The average molecular weight is 266 g/mol. The minimum atomic E-state index is 0.270. The number of likely N-dealkylation sites (tertiary alicyclic amines) is 1. The summed E-state index contributed by atoms with van der Waals surface area (Å²) in [5.41, 5.74) is 0. The molecule has 0 radical (unpaired) electrons. The summed E-state index contributed by atoms with van der Waals surface area (Å²) in [4.78, 5) is 15.7. The lowest BCUT2D eigenvalue weighted by atomic mass is 10.1. The number of nitrogens with zero attached hydrogens (tertiary/aromatic N) is 1. The molecule has 1 N–H and O–H groups in total. The summed E-state index contributed by atoms with van der Waals surface area (Å²) in [7, 11) is 0. The minimum Gasteiger partial charge on any atom is -0.335 e. The van der Waals surface area contributed by atoms with E-state index in [2.05, 4.69) is 41.6 Å². The Morgan fingerprint density at radius 3 is 3.17 bits per heavy atom. The number of thiophene rings is 1. The molecule has 0 aromatic carbocycles. The fourth-order valence-electron chi connectivity index (χ4n) is 2.64. The molecule has 2 unspecified atom stereocenters. The topological polar surface area (TPSA) is 32.3 Å². The van der Waals surface area contributed by atoms with Gasteiger partial charge in [-0.2, -0.15) is 0 Å². The van der Waals surface area contributed by atoms with Gasteiger partial charge < -0.3 is 10.2 Å². The Labute approximate surface area is 113 Å². The van der Waals surface area contributed by atoms with Gasteiger partial charge in [0.05, 0.1) is 6.04 Å². The lowest BCUT2D eigenvalue weighted by Gasteiger charge is -2.25. The van der Waals surface area contributed by atoms with E-state index in [1.54, 1.807) is 11.3 Å². The Bertz CT molecular complexity index is 377. The van der Waals surface area contributed by atoms with Crippen LogP contribution in [0.4, 0.5) is 0 Å². The minimum absolute atomic E-state index is 0.270. The lowest BCUT2D eigenvalue weighted by molar-refractivity contribution is -0.132. The molecule has 3 nitrogen and oxygen atoms in total. The van der Waals surface area contributed by atoms with Crippen LogP contribution in [0.15, 0.2) is 17.5 Å². The predicted molar refractivity (Wildman–Crippen MR) is 75.8 cm³/mol. The van der Waals surface area contributed by atoms with Crippen molar-refractivity contribution >= 4 is 17.2 Å². The summed E-state index contributed by atoms with van der Waals surface area (Å²) in [6.45, 7) is 5.99. The van der Waals surface area contributed by atoms with Crippen LogP contribution in [0.25, 0.3) is 0 Å². The van der Waals surface area contributed by atoms with Gasteiger partial charge in [0.15, 0.2) is 0 Å². The number of carbonyl (C=O) groups is 1. The molecule has 1 amide bonds. The predicted octanol–water partition coefficient (Wildman–Crippen LogP) is 2.80. The van der Waals surface area contributed by atoms with Gasteiger partial charge in [-0.3, -0.25) is 4.79 Å². The molecular weight excluding hydrogens is 244 g/mol. The first kappa shape index (κ1) is 13.6. The quantitative estimate of drug-likeness (QED) is 0.889. The van der Waals surface area contributed by atoms with Crippen molar-refractivity contribution in [3.05, 3.63) is 22.4 Å². The Morgan fingerprint density at radius 1 is 1.67 bits per heavy atom. The van der Waals surface area contributed by atoms with E-state index in [1.165, 1.54) is 4.88 Å². The average Bonchev–Trinajstić information content (AvgIpc) is 3.00. The number of hydrogen-bond donors (Lipinski definition) is 1. The van der Waals surface area contributed by atoms with Crippen molar-refractivity contribution in [1.29, 1.82) is 0 Å². The van der Waals surface area contributed by atoms with E-state index in [0.717, 1.165) is 25.9 Å². The molecule has 2 atom stereocenters. The van der Waals surface area contributed by atoms with E-state index >= 15 is 0 Å². The molecule has 1 aromatic rings. The van der Waals surface area contributed by atoms with E-state index < -0.39 is 0 Å². The summed E-state index contributed by atoms with van der Waals surface area (Å²) in [6, 6.07) is 4.81. The smallest absolute Gasteiger partial charge is 0.224 e. The number of amides is 1. The van der Waals surface area contributed by atoms with Crippen LogP contribution >= 0.6 is 11.3 Å². The maximum atomic E-state index is 12.3. The Morgan fingerprint density at radius 2 is 2.50 bits per heavy atom. The Hall–Kier alpha value is -0.870. The molecule has 1 saturated heterocycles. The molecule has 100 valence electrons. The SMILES string of the molecule is CCNC(C)CC(=O)N1CCCC1c1cccs1. The fourth-order valence-corrected chi connectivity index (χ4v) is 3.52. The third kappa shape index (κ3) is 3.12. The van der Waals surface area contributed by atoms with Crippen LogP contribution in [-0.4, -0.2) is 29.9 Å². The zero-order chi connectivity index (χ0) is 13.0. The van der Waals surface area contributed by atoms with E-state index in [0.29, 0.717) is 18.4 Å². The van der Waals surface area contributed by atoms with E-state index in [4.69, 9.17) is 0 Å². The Kier molecular flexibility index (Phi) is 4.78. The molecule has 2 rings (SSSR count). The molecule has 18 heavy (non-hydrogen) atoms. The van der Waals surface area contributed by atoms with Crippen LogP contribution in [0.3, 0.4) is 0 Å². The number of carbonyl (C=O) groups excluding carboxylic acids is 1. The van der Waals surface area contributed by atoms with Crippen LogP contribution in [0.1, 0.15) is 44.0 Å². The van der Waals surface area contributed by atoms with Crippen molar-refractivity contribution in [1.82, 2.24) is 10.2 Å². The van der Waals surface area contributed by atoms with E-state index in [9.17, 15) is 4.79 Å². The Balaban J connectivity index is 1.97. The molecule has 1 aromatic heterocycles. The molecule has 1 aliphatic heterocycles. The monoisotopic (exact) mass is 266 g/mol. The van der Waals surface area contributed by atoms with Gasteiger partial charge in [0.2, 0.25) is 5.91 Å². The molecule has 4 heteroatoms. The van der Waals surface area contributed by atoms with Gasteiger partial charge in [-0.05, 0) is 37.8 Å². The molecule has 1 aliphatic rings. The molecule has 1 fully saturated rings. The highest BCUT2D eigenvalue weighted by Crippen LogP contribution is 2.34. The summed E-state index contributed by atoms with van der Waals surface area (Å²) >= 11 is 1.76. The van der Waals surface area contributed by atoms with Gasteiger partial charge in [-0.1, -0.05) is 13.0 Å². The van der Waals surface area contributed by atoms with Crippen LogP contribution in [-0.2, 0) is 4.79 Å². The van der Waals surface area contributed by atoms with Crippen molar-refractivity contribution < 1.29 is 4.79 Å². The largest absolute Gasteiger partial charge is 0.335 e. The van der Waals surface area contributed by atoms with E-state index in [-0.39, 0.29) is 6.04 Å². The van der Waals surface area contributed by atoms with Crippen molar-refractivity contribution in [3.63, 3.8) is 0 Å². The van der Waals surface area contributed by atoms with Gasteiger partial charge in [0.1, 0.15) is 0 Å². The van der Waals surface area contributed by atoms with Crippen LogP contribution in [0, 0.1) is 0 Å². The normalized spacial score (nSPS) is 21.2. The summed E-state index contributed by atoms with van der Waals surface area (Å²) < 4.78 is 0. The van der Waals surface area contributed by atoms with Gasteiger partial charge >= 0.3 is 0 Å². The molecule has 0 saturated carbocycles. The molecule has 0 spiro atoms. The third-order valence-corrected chi connectivity index (χ3v) is 4.45. The zero-order valence-corrected chi connectivity index (χ0v) is 12.0. The summed E-state index contributed by atoms with van der Waals surface area (Å²) in [6.07, 6.45) is 2.85. The highest BCUT2D eigenvalue weighted by Gasteiger charge is 2.30. The fraction of sp³-hybridized carbons (Fsp3) is 0.643. The number of hydrogen-bond acceptors (Lipinski definition) is 3. The van der Waals surface area contributed by atoms with Crippen LogP contribution in [0.2, 0.25) is 0 Å². The van der Waals surface area contributed by atoms with Gasteiger partial charge in [0.25, 0.3) is 0 Å². The van der Waals surface area contributed by atoms with Crippen LogP contribution in [0.5, 0.6) is 0 Å². The third-order valence-electron chi connectivity index (χ3n) is 3.48. The van der Waals surface area contributed by atoms with Crippen molar-refractivity contribution in [2.45, 2.75) is 45.2 Å². The lowest BCUT2D eigenvalue weighted by Crippen LogP contribution is -2.36. The van der Waals surface area contributed by atoms with Crippen LogP contribution < -0.4 is 5.32 Å². The van der Waals surface area contributed by atoms with Crippen molar-refractivity contribution in [3.8, 4) is 0 Å². The standard InChI is InChI=1S/C14H22N2OS/c1-3-15-11(2)10-14(17)16-8-4-6-12(16)13-7-5-9-18-13/h5,7,9,11-12,15H,3-4,6,8,10H2,1-2H3. The highest BCUT2D eigenvalue weighted by molar-refractivity contribution is 7.10. The van der Waals surface area contributed by atoms with Crippen molar-refractivity contribution in [2.75, 3.05) is 13.1 Å². The van der Waals surface area contributed by atoms with Gasteiger partial charge in [-0.25, -0.2) is 0 Å². The summed E-state index contributed by atoms with van der Waals surface area (Å²) in [5, 5.41) is 5.40. The molecular formula is C14H22N2OS. The van der Waals surface area contributed by atoms with Crippen molar-refractivity contribution in [2.24, 2.45) is 0 Å². The maximum absolute atomic E-state index is 12.3. The number of nitrogens with one attached hydrogen (secondary N) is 1.